The monoisotopic (exact) mass is 491 g/mol. The highest BCUT2D eigenvalue weighted by molar-refractivity contribution is 6.42. The van der Waals surface area contributed by atoms with E-state index in [0.717, 1.165) is 42.7 Å². The number of amides is 1. The molecule has 1 amide bonds. The first-order valence-corrected chi connectivity index (χ1v) is 11.6. The first kappa shape index (κ1) is 24.9. The maximum absolute atomic E-state index is 11.8. The van der Waals surface area contributed by atoms with E-state index in [0.29, 0.717) is 35.1 Å². The third-order valence-electron chi connectivity index (χ3n) is 5.47. The van der Waals surface area contributed by atoms with Crippen molar-refractivity contribution in [3.8, 4) is 11.5 Å². The summed E-state index contributed by atoms with van der Waals surface area (Å²) in [5.74, 6) is 0.925. The molecule has 2 aromatic carbocycles. The van der Waals surface area contributed by atoms with Crippen LogP contribution in [-0.2, 0) is 18.4 Å². The van der Waals surface area contributed by atoms with E-state index in [1.807, 2.05) is 29.8 Å². The van der Waals surface area contributed by atoms with Gasteiger partial charge in [0.25, 0.3) is 5.82 Å². The van der Waals surface area contributed by atoms with Gasteiger partial charge in [-0.3, -0.25) is 4.79 Å². The van der Waals surface area contributed by atoms with Crippen LogP contribution in [0.3, 0.4) is 0 Å². The molecule has 0 radical (unpaired) electrons. The van der Waals surface area contributed by atoms with E-state index < -0.39 is 0 Å². The van der Waals surface area contributed by atoms with Crippen LogP contribution in [0.4, 0.5) is 0 Å². The molecule has 1 heterocycles. The maximum atomic E-state index is 11.8. The Hall–Kier alpha value is -2.74. The summed E-state index contributed by atoms with van der Waals surface area (Å²) in [6.45, 7) is 1.66. The zero-order chi connectivity index (χ0) is 24.0. The average Bonchev–Trinajstić information content (AvgIpc) is 3.02. The molecule has 0 aliphatic heterocycles. The summed E-state index contributed by atoms with van der Waals surface area (Å²) in [5.41, 5.74) is 7.87. The maximum Gasteiger partial charge on any atom is 0.282 e. The van der Waals surface area contributed by atoms with Crippen molar-refractivity contribution in [1.29, 1.82) is 0 Å². The number of benzene rings is 2. The Morgan fingerprint density at radius 2 is 1.88 bits per heavy atom. The van der Waals surface area contributed by atoms with E-state index in [1.165, 1.54) is 12.1 Å². The molecule has 0 fully saturated rings. The Bertz CT molecular complexity index is 1170. The Balaban J connectivity index is 1.83. The van der Waals surface area contributed by atoms with Crippen LogP contribution in [0, 0.1) is 0 Å². The number of phenols is 2. The topological polar surface area (TPSA) is 104 Å². The standard InChI is InChI=1S/C24H28Cl2N4O3/c1-29-20-14-18(25)19(26)15-21(20)30(12-4-2-3-5-23(33)28-11-10-27)24(29)9-7-16-6-8-17(31)13-22(16)32/h6-9,13-15H,2-5,10-12,27H2,1H3,(H2,28,31,32,33)/p+1. The second kappa shape index (κ2) is 11.4. The van der Waals surface area contributed by atoms with Gasteiger partial charge in [0.15, 0.2) is 11.0 Å². The Kier molecular flexibility index (Phi) is 8.61. The van der Waals surface area contributed by atoms with Gasteiger partial charge in [-0.25, -0.2) is 9.13 Å². The van der Waals surface area contributed by atoms with E-state index in [4.69, 9.17) is 28.9 Å². The van der Waals surface area contributed by atoms with E-state index in [9.17, 15) is 15.0 Å². The molecule has 0 aliphatic carbocycles. The summed E-state index contributed by atoms with van der Waals surface area (Å²) in [7, 11) is 1.95. The van der Waals surface area contributed by atoms with Crippen LogP contribution in [0.5, 0.6) is 11.5 Å². The Morgan fingerprint density at radius 1 is 1.12 bits per heavy atom. The normalized spacial score (nSPS) is 11.5. The fourth-order valence-corrected chi connectivity index (χ4v) is 4.06. The second-order valence-corrected chi connectivity index (χ2v) is 8.66. The van der Waals surface area contributed by atoms with Gasteiger partial charge in [0.05, 0.1) is 23.6 Å². The van der Waals surface area contributed by atoms with Crippen molar-refractivity contribution in [3.63, 3.8) is 0 Å². The molecule has 3 aromatic rings. The first-order chi connectivity index (χ1) is 15.8. The number of nitrogens with zero attached hydrogens (tertiary/aromatic N) is 2. The predicted octanol–water partition coefficient (Wildman–Crippen LogP) is 3.99. The lowest BCUT2D eigenvalue weighted by Crippen LogP contribution is -2.31. The van der Waals surface area contributed by atoms with Crippen LogP contribution in [0.1, 0.15) is 37.1 Å². The molecular formula is C24H29Cl2N4O3+. The number of hydrogen-bond donors (Lipinski definition) is 4. The number of halogens is 2. The lowest BCUT2D eigenvalue weighted by Gasteiger charge is -2.04. The van der Waals surface area contributed by atoms with Gasteiger partial charge in [-0.15, -0.1) is 0 Å². The molecule has 1 aromatic heterocycles. The summed E-state index contributed by atoms with van der Waals surface area (Å²) in [6.07, 6.45) is 6.75. The van der Waals surface area contributed by atoms with Gasteiger partial charge in [-0.05, 0) is 37.5 Å². The Labute approximate surface area is 203 Å². The molecule has 7 nitrogen and oxygen atoms in total. The predicted molar refractivity (Wildman–Crippen MR) is 132 cm³/mol. The molecule has 0 saturated heterocycles. The van der Waals surface area contributed by atoms with Crippen LogP contribution in [0.25, 0.3) is 23.2 Å². The number of carbonyl (C=O) groups is 1. The number of aryl methyl sites for hydroxylation is 2. The molecule has 0 unspecified atom stereocenters. The first-order valence-electron chi connectivity index (χ1n) is 10.9. The van der Waals surface area contributed by atoms with Gasteiger partial charge in [0.1, 0.15) is 11.5 Å². The third kappa shape index (κ3) is 6.19. The van der Waals surface area contributed by atoms with Crippen LogP contribution in [-0.4, -0.2) is 33.8 Å². The van der Waals surface area contributed by atoms with Crippen molar-refractivity contribution >= 4 is 52.3 Å². The van der Waals surface area contributed by atoms with Crippen LogP contribution in [0.15, 0.2) is 30.3 Å². The van der Waals surface area contributed by atoms with Crippen LogP contribution < -0.4 is 15.6 Å². The summed E-state index contributed by atoms with van der Waals surface area (Å²) in [6, 6.07) is 8.18. The number of aromatic nitrogens is 2. The number of fused-ring (bicyclic) bond motifs is 1. The summed E-state index contributed by atoms with van der Waals surface area (Å²) < 4.78 is 4.17. The van der Waals surface area contributed by atoms with Crippen molar-refractivity contribution in [2.75, 3.05) is 13.1 Å². The number of hydrogen-bond acceptors (Lipinski definition) is 4. The Morgan fingerprint density at radius 3 is 2.61 bits per heavy atom. The van der Waals surface area contributed by atoms with Gasteiger partial charge in [-0.1, -0.05) is 23.2 Å². The number of nitrogens with one attached hydrogen (secondary N) is 1. The molecule has 0 bridgehead atoms. The lowest BCUT2D eigenvalue weighted by atomic mass is 10.1. The highest BCUT2D eigenvalue weighted by Crippen LogP contribution is 2.29. The molecule has 0 atom stereocenters. The number of phenolic OH excluding ortho intramolecular Hbond substituents is 2. The SMILES string of the molecule is C[n+]1c(/C=C/c2ccc(O)cc2O)n(CCCCCC(=O)NCCN)c2cc(Cl)c(Cl)cc21. The molecular weight excluding hydrogens is 463 g/mol. The highest BCUT2D eigenvalue weighted by atomic mass is 35.5. The minimum absolute atomic E-state index is 0.00411. The fourth-order valence-electron chi connectivity index (χ4n) is 3.74. The van der Waals surface area contributed by atoms with Crippen molar-refractivity contribution in [2.45, 2.75) is 32.2 Å². The van der Waals surface area contributed by atoms with E-state index in [-0.39, 0.29) is 17.4 Å². The van der Waals surface area contributed by atoms with Crippen LogP contribution >= 0.6 is 23.2 Å². The second-order valence-electron chi connectivity index (χ2n) is 7.85. The number of nitrogens with two attached hydrogens (primary N) is 1. The molecule has 33 heavy (non-hydrogen) atoms. The summed E-state index contributed by atoms with van der Waals surface area (Å²) in [5, 5.41) is 23.4. The summed E-state index contributed by atoms with van der Waals surface area (Å²) in [4.78, 5) is 11.8. The van der Waals surface area contributed by atoms with Crippen molar-refractivity contribution in [1.82, 2.24) is 9.88 Å². The average molecular weight is 492 g/mol. The number of aromatic hydroxyl groups is 2. The quantitative estimate of drug-likeness (QED) is 0.254. The van der Waals surface area contributed by atoms with Gasteiger partial charge in [0, 0.05) is 49.3 Å². The number of rotatable bonds is 10. The van der Waals surface area contributed by atoms with Gasteiger partial charge < -0.3 is 21.3 Å². The van der Waals surface area contributed by atoms with E-state index >= 15 is 0 Å². The number of carbonyl (C=O) groups excluding carboxylic acids is 1. The third-order valence-corrected chi connectivity index (χ3v) is 6.19. The largest absolute Gasteiger partial charge is 0.508 e. The van der Waals surface area contributed by atoms with Crippen molar-refractivity contribution < 1.29 is 19.6 Å². The molecule has 176 valence electrons. The van der Waals surface area contributed by atoms with Gasteiger partial charge >= 0.3 is 0 Å². The van der Waals surface area contributed by atoms with Crippen molar-refractivity contribution in [3.05, 3.63) is 51.8 Å². The van der Waals surface area contributed by atoms with Crippen LogP contribution in [0.2, 0.25) is 10.0 Å². The zero-order valence-corrected chi connectivity index (χ0v) is 20.0. The fraction of sp³-hybridized carbons (Fsp3) is 0.333. The van der Waals surface area contributed by atoms with Gasteiger partial charge in [0.2, 0.25) is 5.91 Å². The number of unbranched alkanes of at least 4 members (excludes halogenated alkanes) is 2. The summed E-state index contributed by atoms with van der Waals surface area (Å²) >= 11 is 12.6. The highest BCUT2D eigenvalue weighted by Gasteiger charge is 2.22. The number of imidazole rings is 1. The molecule has 0 saturated carbocycles. The van der Waals surface area contributed by atoms with E-state index in [1.54, 1.807) is 12.1 Å². The van der Waals surface area contributed by atoms with E-state index in [2.05, 4.69) is 9.88 Å². The molecule has 5 N–H and O–H groups in total. The van der Waals surface area contributed by atoms with Gasteiger partial charge in [-0.2, -0.15) is 0 Å². The molecule has 3 rings (SSSR count). The lowest BCUT2D eigenvalue weighted by molar-refractivity contribution is -0.647. The minimum atomic E-state index is -0.00411. The van der Waals surface area contributed by atoms with Crippen molar-refractivity contribution in [2.24, 2.45) is 12.8 Å². The minimum Gasteiger partial charge on any atom is -0.508 e. The molecule has 0 aliphatic rings. The molecule has 0 spiro atoms. The smallest absolute Gasteiger partial charge is 0.282 e. The zero-order valence-electron chi connectivity index (χ0n) is 18.5. The molecule has 9 heteroatoms.